The van der Waals surface area contributed by atoms with Crippen molar-refractivity contribution >= 4 is 20.2 Å². The number of aliphatic hydroxyl groups excluding tert-OH is 1. The number of benzene rings is 1. The molecule has 0 radical (unpaired) electrons. The molecule has 2 aliphatic heterocycles. The van der Waals surface area contributed by atoms with Gasteiger partial charge in [-0.2, -0.15) is 0 Å². The zero-order valence-corrected chi connectivity index (χ0v) is 17.3. The fraction of sp³-hybridized carbons (Fsp3) is 0.556. The summed E-state index contributed by atoms with van der Waals surface area (Å²) in [4.78, 5) is 24.0. The molecule has 156 valence electrons. The average Bonchev–Trinajstić information content (AvgIpc) is 2.93. The predicted molar refractivity (Wildman–Crippen MR) is 104 cm³/mol. The number of likely N-dealkylation sites (N-methyl/N-ethyl adjacent to an activating group) is 1. The standard InChI is InChI=1S/C18H21NO3.ClH.H3O4P/c1-19-8-7-18-11-4-5-13(20)17(18)22-16-14(21-2)6-3-10(15(16)18)9-12(11)19;;1-5(2,3)4/h3-6,11-13,17,20H,7-9H2,1-2H3;1H;(H3,1,2,3,4)/t11-,12+,13-,17-,18-;;/m0../s1. The molecule has 1 aromatic carbocycles. The van der Waals surface area contributed by atoms with Crippen molar-refractivity contribution in [2.24, 2.45) is 5.92 Å². The fourth-order valence-corrected chi connectivity index (χ4v) is 5.39. The first kappa shape index (κ1) is 21.6. The molecule has 2 heterocycles. The summed E-state index contributed by atoms with van der Waals surface area (Å²) in [6.45, 7) is 1.05. The largest absolute Gasteiger partial charge is 0.493 e. The second-order valence-corrected chi connectivity index (χ2v) is 8.65. The van der Waals surface area contributed by atoms with Crippen LogP contribution in [-0.2, 0) is 16.4 Å². The molecule has 0 aromatic heterocycles. The van der Waals surface area contributed by atoms with E-state index < -0.39 is 13.9 Å². The molecule has 1 fully saturated rings. The molecule has 5 rings (SSSR count). The van der Waals surface area contributed by atoms with Gasteiger partial charge in [-0.1, -0.05) is 18.2 Å². The summed E-state index contributed by atoms with van der Waals surface area (Å²) in [7, 11) is -0.732. The zero-order chi connectivity index (χ0) is 19.6. The third-order valence-electron chi connectivity index (χ3n) is 6.35. The van der Waals surface area contributed by atoms with Crippen molar-refractivity contribution in [1.82, 2.24) is 4.90 Å². The molecule has 0 saturated carbocycles. The second-order valence-electron chi connectivity index (χ2n) is 7.63. The molecule has 4 aliphatic rings. The fourth-order valence-electron chi connectivity index (χ4n) is 5.39. The van der Waals surface area contributed by atoms with Gasteiger partial charge in [-0.25, -0.2) is 4.57 Å². The first-order chi connectivity index (χ1) is 12.7. The first-order valence-electron chi connectivity index (χ1n) is 8.88. The molecule has 2 aliphatic carbocycles. The highest BCUT2D eigenvalue weighted by Crippen LogP contribution is 2.62. The van der Waals surface area contributed by atoms with Gasteiger partial charge in [-0.3, -0.25) is 0 Å². The number of halogens is 1. The van der Waals surface area contributed by atoms with Crippen LogP contribution in [-0.4, -0.2) is 63.6 Å². The van der Waals surface area contributed by atoms with Gasteiger partial charge in [0.1, 0.15) is 12.2 Å². The van der Waals surface area contributed by atoms with Gasteiger partial charge >= 0.3 is 7.82 Å². The van der Waals surface area contributed by atoms with E-state index in [9.17, 15) is 5.11 Å². The average molecular weight is 434 g/mol. The van der Waals surface area contributed by atoms with E-state index in [1.165, 1.54) is 11.1 Å². The van der Waals surface area contributed by atoms with Gasteiger partial charge in [-0.15, -0.1) is 12.4 Å². The van der Waals surface area contributed by atoms with Gasteiger partial charge in [-0.05, 0) is 38.1 Å². The SMILES string of the molecule is COc1ccc2c3c1O[C@H]1[C@@H](O)C=C[C@H]4[C@@H](C2)N(C)CC[C@@]341.Cl.O=P(O)(O)O. The minimum absolute atomic E-state index is 0. The molecule has 1 saturated heterocycles. The highest BCUT2D eigenvalue weighted by atomic mass is 35.5. The molecule has 1 spiro atoms. The summed E-state index contributed by atoms with van der Waals surface area (Å²) in [5.74, 6) is 2.09. The number of phosphoric acid groups is 1. The van der Waals surface area contributed by atoms with Crippen LogP contribution in [0.5, 0.6) is 11.5 Å². The van der Waals surface area contributed by atoms with Gasteiger partial charge in [0.05, 0.1) is 7.11 Å². The lowest BCUT2D eigenvalue weighted by Gasteiger charge is -2.56. The van der Waals surface area contributed by atoms with Crippen LogP contribution in [0.4, 0.5) is 0 Å². The Morgan fingerprint density at radius 1 is 1.29 bits per heavy atom. The molecular weight excluding hydrogens is 409 g/mol. The Bertz CT molecular complexity index is 835. The number of hydrogen-bond donors (Lipinski definition) is 4. The van der Waals surface area contributed by atoms with Crippen LogP contribution >= 0.6 is 20.2 Å². The maximum absolute atomic E-state index is 10.6. The van der Waals surface area contributed by atoms with Crippen molar-refractivity contribution < 1.29 is 33.8 Å². The molecule has 4 N–H and O–H groups in total. The highest BCUT2D eigenvalue weighted by Gasteiger charge is 2.64. The number of ether oxygens (including phenoxy) is 2. The molecule has 1 aromatic rings. The highest BCUT2D eigenvalue weighted by molar-refractivity contribution is 7.45. The van der Waals surface area contributed by atoms with Crippen molar-refractivity contribution in [2.75, 3.05) is 20.7 Å². The van der Waals surface area contributed by atoms with Gasteiger partial charge in [0.25, 0.3) is 0 Å². The maximum Gasteiger partial charge on any atom is 0.466 e. The maximum atomic E-state index is 10.6. The van der Waals surface area contributed by atoms with Crippen LogP contribution in [0.1, 0.15) is 17.5 Å². The van der Waals surface area contributed by atoms with E-state index >= 15 is 0 Å². The Balaban J connectivity index is 0.000000338. The van der Waals surface area contributed by atoms with E-state index in [4.69, 9.17) is 28.7 Å². The molecule has 2 bridgehead atoms. The van der Waals surface area contributed by atoms with Gasteiger partial charge in [0, 0.05) is 22.9 Å². The second kappa shape index (κ2) is 7.29. The molecule has 28 heavy (non-hydrogen) atoms. The number of methoxy groups -OCH3 is 1. The smallest absolute Gasteiger partial charge is 0.466 e. The molecule has 0 unspecified atom stereocenters. The van der Waals surface area contributed by atoms with Crippen LogP contribution in [0.3, 0.4) is 0 Å². The summed E-state index contributed by atoms with van der Waals surface area (Å²) in [6.07, 6.45) is 5.54. The summed E-state index contributed by atoms with van der Waals surface area (Å²) < 4.78 is 20.7. The summed E-state index contributed by atoms with van der Waals surface area (Å²) >= 11 is 0. The zero-order valence-electron chi connectivity index (χ0n) is 15.6. The lowest BCUT2D eigenvalue weighted by molar-refractivity contribution is -0.0453. The van der Waals surface area contributed by atoms with E-state index in [1.54, 1.807) is 7.11 Å². The van der Waals surface area contributed by atoms with E-state index in [0.717, 1.165) is 30.9 Å². The summed E-state index contributed by atoms with van der Waals surface area (Å²) in [5.41, 5.74) is 2.60. The van der Waals surface area contributed by atoms with E-state index in [0.29, 0.717) is 12.0 Å². The normalized spacial score (nSPS) is 34.4. The molecule has 8 nitrogen and oxygen atoms in total. The van der Waals surface area contributed by atoms with Crippen molar-refractivity contribution in [3.8, 4) is 11.5 Å². The van der Waals surface area contributed by atoms with E-state index in [1.807, 2.05) is 12.1 Å². The third-order valence-corrected chi connectivity index (χ3v) is 6.35. The first-order valence-corrected chi connectivity index (χ1v) is 10.4. The van der Waals surface area contributed by atoms with Gasteiger partial charge in [0.2, 0.25) is 0 Å². The number of rotatable bonds is 1. The monoisotopic (exact) mass is 433 g/mol. The van der Waals surface area contributed by atoms with Crippen molar-refractivity contribution in [1.29, 1.82) is 0 Å². The van der Waals surface area contributed by atoms with Crippen LogP contribution in [0.25, 0.3) is 0 Å². The van der Waals surface area contributed by atoms with Crippen LogP contribution < -0.4 is 9.47 Å². The lowest BCUT2D eigenvalue weighted by Crippen LogP contribution is -2.64. The Labute approximate surface area is 169 Å². The van der Waals surface area contributed by atoms with Crippen LogP contribution in [0, 0.1) is 5.92 Å². The summed E-state index contributed by atoms with van der Waals surface area (Å²) in [5, 5.41) is 10.6. The van der Waals surface area contributed by atoms with Crippen LogP contribution in [0.15, 0.2) is 24.3 Å². The van der Waals surface area contributed by atoms with E-state index in [-0.39, 0.29) is 23.9 Å². The minimum Gasteiger partial charge on any atom is -0.493 e. The third kappa shape index (κ3) is 3.17. The topological polar surface area (TPSA) is 120 Å². The van der Waals surface area contributed by atoms with E-state index in [2.05, 4.69) is 24.1 Å². The van der Waals surface area contributed by atoms with Gasteiger partial charge in [0.15, 0.2) is 11.5 Å². The molecule has 10 heteroatoms. The Kier molecular flexibility index (Phi) is 5.62. The van der Waals surface area contributed by atoms with Crippen LogP contribution in [0.2, 0.25) is 0 Å². The van der Waals surface area contributed by atoms with Gasteiger partial charge < -0.3 is 34.2 Å². The van der Waals surface area contributed by atoms with Crippen molar-refractivity contribution in [3.63, 3.8) is 0 Å². The lowest BCUT2D eigenvalue weighted by atomic mass is 9.53. The molecular formula is C18H25ClNO7P. The quantitative estimate of drug-likeness (QED) is 0.382. The number of hydrogen-bond acceptors (Lipinski definition) is 5. The number of aliphatic hydroxyl groups is 1. The predicted octanol–water partition coefficient (Wildman–Crippen LogP) is 0.994. The number of likely N-dealkylation sites (tertiary alicyclic amines) is 1. The van der Waals surface area contributed by atoms with Crippen molar-refractivity contribution in [3.05, 3.63) is 35.4 Å². The minimum atomic E-state index is -4.64. The van der Waals surface area contributed by atoms with Crippen molar-refractivity contribution in [2.45, 2.75) is 36.5 Å². The number of piperidine rings is 1. The number of nitrogens with zero attached hydrogens (tertiary/aromatic N) is 1. The Hall–Kier alpha value is -1.12. The Morgan fingerprint density at radius 3 is 2.61 bits per heavy atom. The molecule has 5 atom stereocenters. The summed E-state index contributed by atoms with van der Waals surface area (Å²) in [6, 6.07) is 4.70. The Morgan fingerprint density at radius 2 is 1.96 bits per heavy atom. The molecule has 0 amide bonds.